The van der Waals surface area contributed by atoms with Crippen LogP contribution in [0.2, 0.25) is 0 Å². The van der Waals surface area contributed by atoms with Gasteiger partial charge in [-0.05, 0) is 73.7 Å². The molecule has 0 fully saturated rings. The maximum atomic E-state index is 13.9. The molecule has 0 atom stereocenters. The second-order valence-electron chi connectivity index (χ2n) is 7.97. The lowest BCUT2D eigenvalue weighted by atomic mass is 9.99. The first-order valence-electron chi connectivity index (χ1n) is 10.2. The zero-order chi connectivity index (χ0) is 23.2. The van der Waals surface area contributed by atoms with E-state index in [9.17, 15) is 18.4 Å². The summed E-state index contributed by atoms with van der Waals surface area (Å²) in [6.45, 7) is 7.75. The van der Waals surface area contributed by atoms with Crippen LogP contribution in [0.3, 0.4) is 0 Å². The number of hydrogen-bond acceptors (Lipinski definition) is 3. The number of nitrogens with zero attached hydrogens (tertiary/aromatic N) is 1. The zero-order valence-electron chi connectivity index (χ0n) is 18.2. The molecule has 3 aromatic rings. The summed E-state index contributed by atoms with van der Waals surface area (Å²) in [5.74, 6) is -3.41. The fraction of sp³-hybridized carbons (Fsp3) is 0.154. The van der Waals surface area contributed by atoms with Gasteiger partial charge >= 0.3 is 0 Å². The third-order valence-corrected chi connectivity index (χ3v) is 5.91. The van der Waals surface area contributed by atoms with Gasteiger partial charge in [0.15, 0.2) is 11.6 Å². The van der Waals surface area contributed by atoms with Gasteiger partial charge in [0.25, 0.3) is 11.8 Å². The third kappa shape index (κ3) is 3.58. The number of carbonyl (C=O) groups is 2. The Kier molecular flexibility index (Phi) is 5.38. The molecule has 1 N–H and O–H groups in total. The van der Waals surface area contributed by atoms with Crippen molar-refractivity contribution in [3.05, 3.63) is 99.7 Å². The Morgan fingerprint density at radius 2 is 1.50 bits per heavy atom. The van der Waals surface area contributed by atoms with Gasteiger partial charge in [0.05, 0.1) is 11.3 Å². The normalized spacial score (nSPS) is 13.9. The standard InChI is InChI=1S/C26H22F2N2O2/c1-14-8-9-18(12-16(14)3)23-24(29-22-7-5-6-15(2)17(22)4)26(32)30(25(23)31)19-10-11-20(27)21(28)13-19/h5-13,29H,1-4H3. The van der Waals surface area contributed by atoms with E-state index >= 15 is 0 Å². The molecule has 0 unspecified atom stereocenters. The Balaban J connectivity index is 1.88. The predicted molar refractivity (Wildman–Crippen MR) is 121 cm³/mol. The van der Waals surface area contributed by atoms with Crippen molar-refractivity contribution in [3.8, 4) is 0 Å². The van der Waals surface area contributed by atoms with Crippen molar-refractivity contribution >= 4 is 28.8 Å². The summed E-state index contributed by atoms with van der Waals surface area (Å²) >= 11 is 0. The van der Waals surface area contributed by atoms with Gasteiger partial charge in [0, 0.05) is 11.8 Å². The number of hydrogen-bond donors (Lipinski definition) is 1. The molecular weight excluding hydrogens is 410 g/mol. The van der Waals surface area contributed by atoms with Crippen molar-refractivity contribution in [1.82, 2.24) is 0 Å². The molecule has 162 valence electrons. The SMILES string of the molecule is Cc1ccc(C2=C(Nc3cccc(C)c3C)C(=O)N(c3ccc(F)c(F)c3)C2=O)cc1C. The first-order chi connectivity index (χ1) is 15.2. The molecule has 0 bridgehead atoms. The smallest absolute Gasteiger partial charge is 0.282 e. The van der Waals surface area contributed by atoms with Crippen molar-refractivity contribution in [2.45, 2.75) is 27.7 Å². The van der Waals surface area contributed by atoms with Crippen molar-refractivity contribution in [1.29, 1.82) is 0 Å². The predicted octanol–water partition coefficient (Wildman–Crippen LogP) is 5.60. The van der Waals surface area contributed by atoms with Crippen LogP contribution in [0.1, 0.15) is 27.8 Å². The van der Waals surface area contributed by atoms with Crippen LogP contribution in [0.25, 0.3) is 5.57 Å². The molecule has 0 aliphatic carbocycles. The highest BCUT2D eigenvalue weighted by atomic mass is 19.2. The van der Waals surface area contributed by atoms with Gasteiger partial charge < -0.3 is 5.32 Å². The maximum Gasteiger partial charge on any atom is 0.282 e. The highest BCUT2D eigenvalue weighted by molar-refractivity contribution is 6.46. The quantitative estimate of drug-likeness (QED) is 0.547. The third-order valence-electron chi connectivity index (χ3n) is 5.91. The Labute approximate surface area is 185 Å². The molecule has 6 heteroatoms. The zero-order valence-corrected chi connectivity index (χ0v) is 18.2. The molecule has 0 saturated heterocycles. The van der Waals surface area contributed by atoms with E-state index in [0.29, 0.717) is 11.3 Å². The minimum absolute atomic E-state index is 0.0296. The van der Waals surface area contributed by atoms with Crippen molar-refractivity contribution in [2.24, 2.45) is 0 Å². The van der Waals surface area contributed by atoms with E-state index in [1.807, 2.05) is 58.0 Å². The van der Waals surface area contributed by atoms with E-state index in [1.54, 1.807) is 6.07 Å². The lowest BCUT2D eigenvalue weighted by Crippen LogP contribution is -2.32. The van der Waals surface area contributed by atoms with Gasteiger partial charge in [-0.25, -0.2) is 13.7 Å². The maximum absolute atomic E-state index is 13.9. The second-order valence-corrected chi connectivity index (χ2v) is 7.97. The van der Waals surface area contributed by atoms with Crippen LogP contribution in [0.15, 0.2) is 60.3 Å². The number of aryl methyl sites for hydroxylation is 3. The Morgan fingerprint density at radius 1 is 0.750 bits per heavy atom. The van der Waals surface area contributed by atoms with E-state index < -0.39 is 23.4 Å². The van der Waals surface area contributed by atoms with Crippen LogP contribution < -0.4 is 10.2 Å². The number of anilines is 2. The highest BCUT2D eigenvalue weighted by Gasteiger charge is 2.40. The lowest BCUT2D eigenvalue weighted by Gasteiger charge is -2.16. The molecule has 0 aromatic heterocycles. The summed E-state index contributed by atoms with van der Waals surface area (Å²) < 4.78 is 27.4. The van der Waals surface area contributed by atoms with Crippen LogP contribution >= 0.6 is 0 Å². The van der Waals surface area contributed by atoms with Gasteiger partial charge in [-0.15, -0.1) is 0 Å². The number of rotatable bonds is 4. The molecule has 3 aromatic carbocycles. The van der Waals surface area contributed by atoms with Crippen molar-refractivity contribution < 1.29 is 18.4 Å². The van der Waals surface area contributed by atoms with E-state index in [1.165, 1.54) is 6.07 Å². The number of halogens is 2. The summed E-state index contributed by atoms with van der Waals surface area (Å²) in [6, 6.07) is 14.1. The molecule has 0 saturated carbocycles. The van der Waals surface area contributed by atoms with Crippen LogP contribution in [-0.2, 0) is 9.59 Å². The van der Waals surface area contributed by atoms with E-state index in [-0.39, 0.29) is 17.0 Å². The average Bonchev–Trinajstić information content (AvgIpc) is 2.99. The van der Waals surface area contributed by atoms with E-state index in [0.717, 1.165) is 39.3 Å². The molecule has 32 heavy (non-hydrogen) atoms. The fourth-order valence-electron chi connectivity index (χ4n) is 3.69. The topological polar surface area (TPSA) is 49.4 Å². The van der Waals surface area contributed by atoms with Gasteiger partial charge in [0.2, 0.25) is 0 Å². The molecule has 1 heterocycles. The summed E-state index contributed by atoms with van der Waals surface area (Å²) in [4.78, 5) is 27.7. The molecule has 1 aliphatic heterocycles. The van der Waals surface area contributed by atoms with Gasteiger partial charge in [-0.2, -0.15) is 0 Å². The minimum atomic E-state index is -1.13. The molecule has 2 amide bonds. The summed E-state index contributed by atoms with van der Waals surface area (Å²) in [5.41, 5.74) is 5.49. The number of carbonyl (C=O) groups excluding carboxylic acids is 2. The highest BCUT2D eigenvalue weighted by Crippen LogP contribution is 2.35. The monoisotopic (exact) mass is 432 g/mol. The van der Waals surface area contributed by atoms with Gasteiger partial charge in [-0.1, -0.05) is 30.3 Å². The second kappa shape index (κ2) is 8.04. The van der Waals surface area contributed by atoms with Gasteiger partial charge in [-0.3, -0.25) is 9.59 Å². The summed E-state index contributed by atoms with van der Waals surface area (Å²) in [5, 5.41) is 3.14. The number of amides is 2. The number of imide groups is 1. The molecule has 4 rings (SSSR count). The first-order valence-corrected chi connectivity index (χ1v) is 10.2. The first kappa shape index (κ1) is 21.4. The number of nitrogens with one attached hydrogen (secondary N) is 1. The molecule has 0 spiro atoms. The summed E-state index contributed by atoms with van der Waals surface area (Å²) in [7, 11) is 0. The Morgan fingerprint density at radius 3 is 2.19 bits per heavy atom. The van der Waals surface area contributed by atoms with Crippen LogP contribution in [0.5, 0.6) is 0 Å². The van der Waals surface area contributed by atoms with Crippen LogP contribution in [0, 0.1) is 39.3 Å². The van der Waals surface area contributed by atoms with Crippen molar-refractivity contribution in [2.75, 3.05) is 10.2 Å². The van der Waals surface area contributed by atoms with Crippen molar-refractivity contribution in [3.63, 3.8) is 0 Å². The van der Waals surface area contributed by atoms with Crippen LogP contribution in [0.4, 0.5) is 20.2 Å². The largest absolute Gasteiger partial charge is 0.350 e. The fourth-order valence-corrected chi connectivity index (χ4v) is 3.69. The van der Waals surface area contributed by atoms with E-state index in [4.69, 9.17) is 0 Å². The number of benzene rings is 3. The average molecular weight is 432 g/mol. The lowest BCUT2D eigenvalue weighted by molar-refractivity contribution is -0.120. The summed E-state index contributed by atoms with van der Waals surface area (Å²) in [6.07, 6.45) is 0. The Bertz CT molecular complexity index is 1310. The molecule has 0 radical (unpaired) electrons. The molecule has 1 aliphatic rings. The molecular formula is C26H22F2N2O2. The van der Waals surface area contributed by atoms with Gasteiger partial charge in [0.1, 0.15) is 5.70 Å². The molecule has 4 nitrogen and oxygen atoms in total. The van der Waals surface area contributed by atoms with E-state index in [2.05, 4.69) is 5.32 Å². The Hall–Kier alpha value is -3.80. The minimum Gasteiger partial charge on any atom is -0.350 e. The van der Waals surface area contributed by atoms with Crippen LogP contribution in [-0.4, -0.2) is 11.8 Å².